The molecule has 0 saturated heterocycles. The molecule has 0 aliphatic heterocycles. The maximum atomic E-state index is 11.3. The summed E-state index contributed by atoms with van der Waals surface area (Å²) in [5.74, 6) is 2.08. The summed E-state index contributed by atoms with van der Waals surface area (Å²) in [6.45, 7) is 6.80. The summed E-state index contributed by atoms with van der Waals surface area (Å²) in [6.07, 6.45) is 7.36. The zero-order chi connectivity index (χ0) is 23.2. The smallest absolute Gasteiger partial charge is 0.335 e. The van der Waals surface area contributed by atoms with Crippen LogP contribution >= 0.6 is 0 Å². The van der Waals surface area contributed by atoms with Crippen LogP contribution in [0.25, 0.3) is 16.9 Å². The van der Waals surface area contributed by atoms with Gasteiger partial charge in [0.05, 0.1) is 0 Å². The van der Waals surface area contributed by atoms with Crippen LogP contribution in [0.5, 0.6) is 11.5 Å². The normalized spacial score (nSPS) is 15.3. The summed E-state index contributed by atoms with van der Waals surface area (Å²) in [7, 11) is 0. The Morgan fingerprint density at radius 2 is 1.39 bits per heavy atom. The van der Waals surface area contributed by atoms with E-state index in [4.69, 9.17) is 13.9 Å². The second-order valence-electron chi connectivity index (χ2n) is 7.71. The molecule has 5 nitrogen and oxygen atoms in total. The minimum atomic E-state index is -0.488. The average molecular weight is 440 g/mol. The highest BCUT2D eigenvalue weighted by molar-refractivity contribution is 5.83. The van der Waals surface area contributed by atoms with Crippen molar-refractivity contribution in [1.29, 1.82) is 0 Å². The summed E-state index contributed by atoms with van der Waals surface area (Å²) < 4.78 is 16.4. The van der Waals surface area contributed by atoms with Crippen LogP contribution in [0.1, 0.15) is 36.5 Å². The molecule has 1 aromatic heterocycles. The molecular formula is C28H24O5. The first-order valence-electron chi connectivity index (χ1n) is 10.7. The predicted octanol–water partition coefficient (Wildman–Crippen LogP) is 6.48. The van der Waals surface area contributed by atoms with E-state index in [1.54, 1.807) is 12.1 Å². The van der Waals surface area contributed by atoms with Crippen LogP contribution in [0.15, 0.2) is 96.5 Å². The predicted molar refractivity (Wildman–Crippen MR) is 127 cm³/mol. The van der Waals surface area contributed by atoms with Crippen LogP contribution in [0, 0.1) is 0 Å². The number of ether oxygens (including phenoxy) is 2. The van der Waals surface area contributed by atoms with E-state index in [1.165, 1.54) is 11.1 Å². The van der Waals surface area contributed by atoms with Crippen molar-refractivity contribution in [3.8, 4) is 22.8 Å². The maximum absolute atomic E-state index is 11.3. The van der Waals surface area contributed by atoms with Gasteiger partial charge >= 0.3 is 11.9 Å². The number of furan rings is 1. The molecule has 0 saturated carbocycles. The fourth-order valence-corrected chi connectivity index (χ4v) is 3.84. The van der Waals surface area contributed by atoms with Gasteiger partial charge in [0.15, 0.2) is 0 Å². The Bertz CT molecular complexity index is 1200. The van der Waals surface area contributed by atoms with Crippen LogP contribution < -0.4 is 9.47 Å². The van der Waals surface area contributed by atoms with E-state index >= 15 is 0 Å². The highest BCUT2D eigenvalue weighted by Crippen LogP contribution is 2.38. The topological polar surface area (TPSA) is 65.7 Å². The molecule has 0 bridgehead atoms. The Hall–Kier alpha value is -4.12. The van der Waals surface area contributed by atoms with Crippen molar-refractivity contribution in [2.75, 3.05) is 0 Å². The van der Waals surface area contributed by atoms with Crippen molar-refractivity contribution in [2.45, 2.75) is 25.2 Å². The van der Waals surface area contributed by atoms with Crippen molar-refractivity contribution in [3.05, 3.63) is 103 Å². The molecule has 1 aliphatic carbocycles. The third-order valence-electron chi connectivity index (χ3n) is 5.59. The molecule has 1 atom stereocenters. The Balaban J connectivity index is 1.39. The van der Waals surface area contributed by atoms with Gasteiger partial charge in [-0.2, -0.15) is 0 Å². The Morgan fingerprint density at radius 1 is 0.818 bits per heavy atom. The second-order valence-corrected chi connectivity index (χ2v) is 7.71. The molecule has 0 spiro atoms. The molecule has 1 heterocycles. The molecule has 1 aliphatic rings. The molecule has 0 N–H and O–H groups in total. The van der Waals surface area contributed by atoms with E-state index < -0.39 is 11.9 Å². The number of hydrogen-bond acceptors (Lipinski definition) is 5. The molecule has 4 rings (SSSR count). The van der Waals surface area contributed by atoms with Gasteiger partial charge in [-0.15, -0.1) is 0 Å². The second kappa shape index (κ2) is 10.0. The minimum absolute atomic E-state index is 0.415. The Labute approximate surface area is 192 Å². The monoisotopic (exact) mass is 440 g/mol. The molecule has 0 fully saturated rings. The summed E-state index contributed by atoms with van der Waals surface area (Å²) in [6, 6.07) is 18.8. The number of benzene rings is 2. The minimum Gasteiger partial charge on any atom is -0.456 e. The van der Waals surface area contributed by atoms with Crippen molar-refractivity contribution in [2.24, 2.45) is 0 Å². The third kappa shape index (κ3) is 5.39. The van der Waals surface area contributed by atoms with Gasteiger partial charge in [0.25, 0.3) is 0 Å². The lowest BCUT2D eigenvalue weighted by atomic mass is 9.84. The highest BCUT2D eigenvalue weighted by atomic mass is 16.5. The first-order valence-corrected chi connectivity index (χ1v) is 10.7. The lowest BCUT2D eigenvalue weighted by molar-refractivity contribution is -0.129. The number of rotatable bonds is 7. The van der Waals surface area contributed by atoms with Gasteiger partial charge in [0, 0.05) is 17.7 Å². The van der Waals surface area contributed by atoms with Crippen LogP contribution in [-0.4, -0.2) is 11.9 Å². The SMILES string of the molecule is C=CC(=O)Oc1ccc(-c2ccc(C3=CCC(c4ccc(OC(=O)C=C)cc4)CC3)o2)cc1. The maximum Gasteiger partial charge on any atom is 0.335 e. The van der Waals surface area contributed by atoms with Gasteiger partial charge in [-0.3, -0.25) is 0 Å². The standard InChI is InChI=1S/C28H24O5/c1-3-27(29)31-23-13-9-20(10-14-23)19-5-7-21(8-6-19)25-17-18-26(33-25)22-11-15-24(16-12-22)32-28(30)4-2/h3-4,7,9-19H,1-2,5-6,8H2. The van der Waals surface area contributed by atoms with E-state index in [-0.39, 0.29) is 0 Å². The Morgan fingerprint density at radius 3 is 1.94 bits per heavy atom. The molecule has 166 valence electrons. The van der Waals surface area contributed by atoms with E-state index in [1.807, 2.05) is 48.5 Å². The van der Waals surface area contributed by atoms with Crippen molar-refractivity contribution in [1.82, 2.24) is 0 Å². The van der Waals surface area contributed by atoms with Crippen molar-refractivity contribution < 1.29 is 23.5 Å². The number of carbonyl (C=O) groups excluding carboxylic acids is 2. The fourth-order valence-electron chi connectivity index (χ4n) is 3.84. The molecule has 2 aromatic carbocycles. The fraction of sp³-hybridized carbons (Fsp3) is 0.143. The van der Waals surface area contributed by atoms with Gasteiger partial charge in [0.2, 0.25) is 0 Å². The first-order chi connectivity index (χ1) is 16.1. The van der Waals surface area contributed by atoms with E-state index in [0.717, 1.165) is 48.5 Å². The number of esters is 2. The zero-order valence-electron chi connectivity index (χ0n) is 18.2. The van der Waals surface area contributed by atoms with Gasteiger partial charge < -0.3 is 13.9 Å². The van der Waals surface area contributed by atoms with E-state index in [0.29, 0.717) is 17.4 Å². The molecular weight excluding hydrogens is 416 g/mol. The zero-order valence-corrected chi connectivity index (χ0v) is 18.2. The third-order valence-corrected chi connectivity index (χ3v) is 5.59. The summed E-state index contributed by atoms with van der Waals surface area (Å²) >= 11 is 0. The summed E-state index contributed by atoms with van der Waals surface area (Å²) in [4.78, 5) is 22.6. The first kappa shape index (κ1) is 22.1. The quantitative estimate of drug-likeness (QED) is 0.239. The largest absolute Gasteiger partial charge is 0.456 e. The molecule has 33 heavy (non-hydrogen) atoms. The van der Waals surface area contributed by atoms with Crippen LogP contribution in [0.2, 0.25) is 0 Å². The van der Waals surface area contributed by atoms with Crippen molar-refractivity contribution in [3.63, 3.8) is 0 Å². The molecule has 0 amide bonds. The van der Waals surface area contributed by atoms with Crippen LogP contribution in [0.4, 0.5) is 0 Å². The van der Waals surface area contributed by atoms with Crippen molar-refractivity contribution >= 4 is 17.5 Å². The summed E-state index contributed by atoms with van der Waals surface area (Å²) in [5.41, 5.74) is 3.33. The van der Waals surface area contributed by atoms with Gasteiger partial charge in [-0.05, 0) is 84.8 Å². The van der Waals surface area contributed by atoms with E-state index in [2.05, 4.69) is 19.2 Å². The lowest BCUT2D eigenvalue weighted by Crippen LogP contribution is -2.05. The number of allylic oxidation sites excluding steroid dienone is 2. The molecule has 0 radical (unpaired) electrons. The Kier molecular flexibility index (Phi) is 6.69. The molecule has 5 heteroatoms. The molecule has 1 unspecified atom stereocenters. The van der Waals surface area contributed by atoms with Gasteiger partial charge in [-0.25, -0.2) is 9.59 Å². The van der Waals surface area contributed by atoms with Crippen LogP contribution in [-0.2, 0) is 9.59 Å². The molecule has 3 aromatic rings. The van der Waals surface area contributed by atoms with Gasteiger partial charge in [-0.1, -0.05) is 31.4 Å². The van der Waals surface area contributed by atoms with Crippen LogP contribution in [0.3, 0.4) is 0 Å². The highest BCUT2D eigenvalue weighted by Gasteiger charge is 2.19. The number of carbonyl (C=O) groups is 2. The summed E-state index contributed by atoms with van der Waals surface area (Å²) in [5, 5.41) is 0. The average Bonchev–Trinajstić information content (AvgIpc) is 3.35. The number of hydrogen-bond donors (Lipinski definition) is 0. The lowest BCUT2D eigenvalue weighted by Gasteiger charge is -2.21. The van der Waals surface area contributed by atoms with Gasteiger partial charge in [0.1, 0.15) is 23.0 Å². The van der Waals surface area contributed by atoms with E-state index in [9.17, 15) is 9.59 Å².